The summed E-state index contributed by atoms with van der Waals surface area (Å²) in [5.74, 6) is -4.87. The fourth-order valence-electron chi connectivity index (χ4n) is 7.17. The van der Waals surface area contributed by atoms with Crippen molar-refractivity contribution in [3.63, 3.8) is 0 Å². The highest BCUT2D eigenvalue weighted by molar-refractivity contribution is 6.53. The molecule has 3 fully saturated rings. The number of allylic oxidation sites excluding steroid dienone is 2. The van der Waals surface area contributed by atoms with Crippen LogP contribution < -0.4 is 4.74 Å². The number of nitrogens with zero attached hydrogens (tertiary/aromatic N) is 2. The Morgan fingerprint density at radius 3 is 2.34 bits per heavy atom. The molecule has 6 rings (SSSR count). The average Bonchev–Trinajstić information content (AvgIpc) is 3.27. The van der Waals surface area contributed by atoms with E-state index in [2.05, 4.69) is 0 Å². The molecule has 214 valence electrons. The molecule has 2 aromatic rings. The van der Waals surface area contributed by atoms with E-state index in [9.17, 15) is 29.4 Å². The van der Waals surface area contributed by atoms with Gasteiger partial charge < -0.3 is 14.9 Å². The third-order valence-corrected chi connectivity index (χ3v) is 10.6. The molecule has 9 nitrogen and oxygen atoms in total. The van der Waals surface area contributed by atoms with Crippen molar-refractivity contribution in [1.82, 2.24) is 9.80 Å². The van der Waals surface area contributed by atoms with Crippen LogP contribution in [0.1, 0.15) is 29.9 Å². The number of methoxy groups -OCH3 is 1. The number of alkyl halides is 2. The zero-order chi connectivity index (χ0) is 29.4. The van der Waals surface area contributed by atoms with Crippen molar-refractivity contribution >= 4 is 46.8 Å². The molecule has 0 radical (unpaired) electrons. The van der Waals surface area contributed by atoms with Crippen LogP contribution in [0.3, 0.4) is 0 Å². The lowest BCUT2D eigenvalue weighted by Gasteiger charge is -2.50. The van der Waals surface area contributed by atoms with Crippen LogP contribution in [-0.4, -0.2) is 74.1 Å². The second-order valence-electron chi connectivity index (χ2n) is 11.2. The van der Waals surface area contributed by atoms with Crippen LogP contribution in [0, 0.1) is 17.8 Å². The van der Waals surface area contributed by atoms with Gasteiger partial charge in [0.15, 0.2) is 9.75 Å². The van der Waals surface area contributed by atoms with Crippen LogP contribution in [-0.2, 0) is 25.6 Å². The topological polar surface area (TPSA) is 124 Å². The van der Waals surface area contributed by atoms with Crippen molar-refractivity contribution in [3.05, 3.63) is 65.2 Å². The van der Waals surface area contributed by atoms with Gasteiger partial charge >= 0.3 is 0 Å². The molecular weight excluding hydrogens is 571 g/mol. The molecule has 1 saturated carbocycles. The van der Waals surface area contributed by atoms with Gasteiger partial charge in [0.05, 0.1) is 18.9 Å². The van der Waals surface area contributed by atoms with Crippen LogP contribution >= 0.6 is 23.2 Å². The van der Waals surface area contributed by atoms with Gasteiger partial charge in [-0.05, 0) is 48.9 Å². The molecule has 2 N–H and O–H groups in total. The Balaban J connectivity index is 1.41. The summed E-state index contributed by atoms with van der Waals surface area (Å²) in [4.78, 5) is 52.8. The third kappa shape index (κ3) is 3.74. The number of rotatable bonds is 5. The van der Waals surface area contributed by atoms with E-state index >= 15 is 0 Å². The number of ether oxygens (including phenoxy) is 1. The maximum atomic E-state index is 13.9. The van der Waals surface area contributed by atoms with E-state index in [-0.39, 0.29) is 48.3 Å². The minimum absolute atomic E-state index is 0.113. The molecule has 4 amide bonds. The SMILES string of the molecule is COc1ccc([C@H]2C3=CC[C@@H]4C(=O)N(CCc5ccc(O)cc5)C(=O)[C@@H]4[C@@H]3C[C@@]3(Cl)C(=O)N(C)C(=O)[C@@]23Cl)c(O)c1. The number of phenolic OH excluding ortho intramolecular Hbond substituents is 2. The highest BCUT2D eigenvalue weighted by Crippen LogP contribution is 2.66. The lowest BCUT2D eigenvalue weighted by Crippen LogP contribution is -2.60. The van der Waals surface area contributed by atoms with Crippen molar-refractivity contribution in [2.45, 2.75) is 34.9 Å². The van der Waals surface area contributed by atoms with Crippen molar-refractivity contribution in [3.8, 4) is 17.2 Å². The summed E-state index contributed by atoms with van der Waals surface area (Å²) >= 11 is 14.3. The lowest BCUT2D eigenvalue weighted by molar-refractivity contribution is -0.141. The Labute approximate surface area is 246 Å². The molecule has 0 bridgehead atoms. The summed E-state index contributed by atoms with van der Waals surface area (Å²) in [5.41, 5.74) is 1.74. The first-order valence-electron chi connectivity index (χ1n) is 13.3. The molecule has 2 saturated heterocycles. The van der Waals surface area contributed by atoms with E-state index in [0.29, 0.717) is 17.7 Å². The summed E-state index contributed by atoms with van der Waals surface area (Å²) in [6.07, 6.45) is 2.36. The van der Waals surface area contributed by atoms with Gasteiger partial charge in [-0.1, -0.05) is 29.8 Å². The van der Waals surface area contributed by atoms with Crippen molar-refractivity contribution in [2.75, 3.05) is 20.7 Å². The van der Waals surface area contributed by atoms with Crippen LogP contribution in [0.2, 0.25) is 0 Å². The third-order valence-electron chi connectivity index (χ3n) is 9.21. The molecule has 4 aliphatic rings. The molecule has 0 aromatic heterocycles. The van der Waals surface area contributed by atoms with Gasteiger partial charge in [0.2, 0.25) is 11.8 Å². The number of carbonyl (C=O) groups is 4. The molecule has 2 aliphatic carbocycles. The van der Waals surface area contributed by atoms with E-state index in [1.165, 1.54) is 25.1 Å². The largest absolute Gasteiger partial charge is 0.508 e. The zero-order valence-corrected chi connectivity index (χ0v) is 23.9. The molecule has 11 heteroatoms. The molecule has 0 spiro atoms. The van der Waals surface area contributed by atoms with Crippen LogP contribution in [0.15, 0.2) is 54.1 Å². The second-order valence-corrected chi connectivity index (χ2v) is 12.4. The van der Waals surface area contributed by atoms with Crippen molar-refractivity contribution in [2.24, 2.45) is 17.8 Å². The van der Waals surface area contributed by atoms with Gasteiger partial charge in [-0.25, -0.2) is 0 Å². The Hall–Kier alpha value is -3.56. The van der Waals surface area contributed by atoms with E-state index in [1.807, 2.05) is 6.08 Å². The highest BCUT2D eigenvalue weighted by atomic mass is 35.5. The summed E-state index contributed by atoms with van der Waals surface area (Å²) in [7, 11) is 2.77. The maximum Gasteiger partial charge on any atom is 0.253 e. The van der Waals surface area contributed by atoms with Gasteiger partial charge in [0.1, 0.15) is 17.2 Å². The maximum absolute atomic E-state index is 13.9. The molecule has 2 heterocycles. The summed E-state index contributed by atoms with van der Waals surface area (Å²) in [5, 5.41) is 20.6. The number of fused-ring (bicyclic) bond motifs is 4. The predicted molar refractivity (Wildman–Crippen MR) is 149 cm³/mol. The van der Waals surface area contributed by atoms with E-state index in [1.54, 1.807) is 36.4 Å². The number of amides is 4. The molecule has 2 aliphatic heterocycles. The van der Waals surface area contributed by atoms with E-state index in [0.717, 1.165) is 10.5 Å². The minimum atomic E-state index is -1.97. The van der Waals surface area contributed by atoms with Gasteiger partial charge in [0, 0.05) is 31.1 Å². The quantitative estimate of drug-likeness (QED) is 0.307. The average molecular weight is 599 g/mol. The normalized spacial score (nSPS) is 32.5. The summed E-state index contributed by atoms with van der Waals surface area (Å²) in [6.45, 7) is 0.159. The number of halogens is 2. The number of imide groups is 2. The minimum Gasteiger partial charge on any atom is -0.508 e. The summed E-state index contributed by atoms with van der Waals surface area (Å²) < 4.78 is 5.22. The zero-order valence-electron chi connectivity index (χ0n) is 22.3. The Morgan fingerprint density at radius 1 is 0.976 bits per heavy atom. The number of hydrogen-bond donors (Lipinski definition) is 2. The molecular formula is C30H28Cl2N2O7. The Kier molecular flexibility index (Phi) is 6.39. The number of aromatic hydroxyl groups is 2. The Morgan fingerprint density at radius 2 is 1.68 bits per heavy atom. The van der Waals surface area contributed by atoms with Gasteiger partial charge in [-0.2, -0.15) is 0 Å². The molecule has 0 unspecified atom stereocenters. The molecule has 41 heavy (non-hydrogen) atoms. The first kappa shape index (κ1) is 27.6. The molecule has 2 aromatic carbocycles. The number of carbonyl (C=O) groups excluding carboxylic acids is 4. The number of hydrogen-bond acceptors (Lipinski definition) is 7. The van der Waals surface area contributed by atoms with Gasteiger partial charge in [-0.3, -0.25) is 29.0 Å². The predicted octanol–water partition coefficient (Wildman–Crippen LogP) is 3.34. The van der Waals surface area contributed by atoms with Gasteiger partial charge in [-0.15, -0.1) is 23.2 Å². The second kappa shape index (κ2) is 9.49. The van der Waals surface area contributed by atoms with E-state index in [4.69, 9.17) is 27.9 Å². The van der Waals surface area contributed by atoms with Gasteiger partial charge in [0.25, 0.3) is 11.8 Å². The van der Waals surface area contributed by atoms with Crippen LogP contribution in [0.25, 0.3) is 0 Å². The van der Waals surface area contributed by atoms with Crippen molar-refractivity contribution in [1.29, 1.82) is 0 Å². The standard InChI is InChI=1S/C30H28Cl2N2O7/c1-33-27(39)29(31)14-21-18(24(30(29,32)28(33)40)19-8-7-17(41-2)13-22(19)36)9-10-20-23(21)26(38)34(25(20)37)12-11-15-3-5-16(35)6-4-15/h3-9,13,20-21,23-24,35-36H,10-12,14H2,1-2H3/t20-,21+,23-,24+,29+,30-/m0/s1. The monoisotopic (exact) mass is 598 g/mol. The first-order chi connectivity index (χ1) is 19.4. The Bertz CT molecular complexity index is 1530. The van der Waals surface area contributed by atoms with Crippen LogP contribution in [0.4, 0.5) is 0 Å². The van der Waals surface area contributed by atoms with Crippen LogP contribution in [0.5, 0.6) is 17.2 Å². The lowest BCUT2D eigenvalue weighted by atomic mass is 9.56. The van der Waals surface area contributed by atoms with Crippen molar-refractivity contribution < 1.29 is 34.1 Å². The smallest absolute Gasteiger partial charge is 0.253 e. The molecule has 6 atom stereocenters. The fraction of sp³-hybridized carbons (Fsp3) is 0.400. The first-order valence-corrected chi connectivity index (χ1v) is 14.1. The fourth-order valence-corrected chi connectivity index (χ4v) is 8.18. The number of benzene rings is 2. The number of likely N-dealkylation sites (tertiary alicyclic amines) is 2. The number of phenols is 2. The summed E-state index contributed by atoms with van der Waals surface area (Å²) in [6, 6.07) is 11.1. The highest BCUT2D eigenvalue weighted by Gasteiger charge is 2.76. The van der Waals surface area contributed by atoms with E-state index < -0.39 is 45.2 Å².